The highest BCUT2D eigenvalue weighted by atomic mass is 19.4. The molecule has 2 atom stereocenters. The molecule has 112 valence electrons. The predicted molar refractivity (Wildman–Crippen MR) is 67.8 cm³/mol. The first-order valence-corrected chi connectivity index (χ1v) is 7.27. The Kier molecular flexibility index (Phi) is 4.45. The molecule has 0 heterocycles. The van der Waals surface area contributed by atoms with Crippen molar-refractivity contribution in [3.63, 3.8) is 0 Å². The molecule has 2 nitrogen and oxygen atoms in total. The van der Waals surface area contributed by atoms with Crippen LogP contribution in [0, 0.1) is 5.41 Å². The molecule has 1 N–H and O–H groups in total. The van der Waals surface area contributed by atoms with Crippen LogP contribution in [-0.2, 0) is 0 Å². The summed E-state index contributed by atoms with van der Waals surface area (Å²) in [5, 5.41) is 9.85. The number of aliphatic hydroxyl groups excluding tert-OH is 1. The van der Waals surface area contributed by atoms with E-state index in [1.807, 2.05) is 4.90 Å². The zero-order valence-electron chi connectivity index (χ0n) is 11.5. The third-order valence-electron chi connectivity index (χ3n) is 5.06. The molecule has 0 radical (unpaired) electrons. The zero-order chi connectivity index (χ0) is 14.1. The van der Waals surface area contributed by atoms with Crippen molar-refractivity contribution in [2.45, 2.75) is 69.7 Å². The number of aliphatic hydroxyl groups is 1. The molecule has 0 aliphatic heterocycles. The van der Waals surface area contributed by atoms with Crippen LogP contribution in [0.15, 0.2) is 0 Å². The van der Waals surface area contributed by atoms with E-state index in [0.29, 0.717) is 6.42 Å². The van der Waals surface area contributed by atoms with Crippen LogP contribution in [0.25, 0.3) is 0 Å². The molecule has 2 aliphatic rings. The van der Waals surface area contributed by atoms with Crippen LogP contribution >= 0.6 is 0 Å². The number of hydrogen-bond acceptors (Lipinski definition) is 2. The van der Waals surface area contributed by atoms with Gasteiger partial charge in [0, 0.05) is 12.6 Å². The highest BCUT2D eigenvalue weighted by Crippen LogP contribution is 2.50. The van der Waals surface area contributed by atoms with Gasteiger partial charge in [0.15, 0.2) is 0 Å². The van der Waals surface area contributed by atoms with Gasteiger partial charge in [-0.1, -0.05) is 12.8 Å². The molecule has 1 spiro atoms. The van der Waals surface area contributed by atoms with Crippen molar-refractivity contribution in [3.05, 3.63) is 0 Å². The molecule has 5 heteroatoms. The maximum atomic E-state index is 12.4. The Balaban J connectivity index is 2.01. The number of hydrogen-bond donors (Lipinski definition) is 1. The summed E-state index contributed by atoms with van der Waals surface area (Å²) < 4.78 is 37.1. The molecule has 2 fully saturated rings. The van der Waals surface area contributed by atoms with Gasteiger partial charge in [-0.05, 0) is 44.6 Å². The topological polar surface area (TPSA) is 23.5 Å². The molecule has 2 unspecified atom stereocenters. The fraction of sp³-hybridized carbons (Fsp3) is 1.00. The van der Waals surface area contributed by atoms with E-state index < -0.39 is 12.6 Å². The smallest absolute Gasteiger partial charge is 0.390 e. The summed E-state index contributed by atoms with van der Waals surface area (Å²) in [4.78, 5) is 1.85. The molecule has 0 aromatic heterocycles. The van der Waals surface area contributed by atoms with E-state index in [1.54, 1.807) is 7.05 Å². The van der Waals surface area contributed by atoms with Gasteiger partial charge in [-0.25, -0.2) is 0 Å². The molecule has 2 saturated carbocycles. The number of nitrogens with zero attached hydrogens (tertiary/aromatic N) is 1. The Bertz CT molecular complexity index is 300. The van der Waals surface area contributed by atoms with Crippen LogP contribution in [-0.4, -0.2) is 41.9 Å². The van der Waals surface area contributed by atoms with Crippen molar-refractivity contribution in [3.8, 4) is 0 Å². The SMILES string of the molecule is CN(CCC(F)(F)F)C1CC(O)CCC12CCCC2. The average molecular weight is 279 g/mol. The summed E-state index contributed by atoms with van der Waals surface area (Å²) in [5.74, 6) is 0. The van der Waals surface area contributed by atoms with E-state index in [-0.39, 0.29) is 24.1 Å². The molecule has 2 rings (SSSR count). The minimum atomic E-state index is -4.09. The fourth-order valence-electron chi connectivity index (χ4n) is 4.02. The second-order valence-electron chi connectivity index (χ2n) is 6.36. The lowest BCUT2D eigenvalue weighted by atomic mass is 9.67. The van der Waals surface area contributed by atoms with Crippen LogP contribution in [0.2, 0.25) is 0 Å². The Labute approximate surface area is 113 Å². The van der Waals surface area contributed by atoms with Crippen molar-refractivity contribution in [1.82, 2.24) is 4.90 Å². The van der Waals surface area contributed by atoms with Crippen LogP contribution in [0.1, 0.15) is 51.4 Å². The summed E-state index contributed by atoms with van der Waals surface area (Å²) >= 11 is 0. The third-order valence-corrected chi connectivity index (χ3v) is 5.06. The summed E-state index contributed by atoms with van der Waals surface area (Å²) in [6.45, 7) is 0.0443. The first-order chi connectivity index (χ1) is 8.82. The molecule has 0 aromatic carbocycles. The van der Waals surface area contributed by atoms with Crippen LogP contribution in [0.3, 0.4) is 0 Å². The molecule has 0 aromatic rings. The van der Waals surface area contributed by atoms with Crippen molar-refractivity contribution >= 4 is 0 Å². The van der Waals surface area contributed by atoms with Gasteiger partial charge in [0.25, 0.3) is 0 Å². The molecule has 0 saturated heterocycles. The van der Waals surface area contributed by atoms with Crippen molar-refractivity contribution < 1.29 is 18.3 Å². The van der Waals surface area contributed by atoms with Crippen LogP contribution in [0.4, 0.5) is 13.2 Å². The molecule has 19 heavy (non-hydrogen) atoms. The van der Waals surface area contributed by atoms with E-state index in [1.165, 1.54) is 12.8 Å². The minimum absolute atomic E-state index is 0.0443. The van der Waals surface area contributed by atoms with Gasteiger partial charge in [-0.15, -0.1) is 0 Å². The fourth-order valence-corrected chi connectivity index (χ4v) is 4.02. The van der Waals surface area contributed by atoms with Gasteiger partial charge in [-0.3, -0.25) is 0 Å². The Morgan fingerprint density at radius 3 is 2.42 bits per heavy atom. The number of alkyl halides is 3. The van der Waals surface area contributed by atoms with E-state index in [2.05, 4.69) is 0 Å². The quantitative estimate of drug-likeness (QED) is 0.856. The lowest BCUT2D eigenvalue weighted by molar-refractivity contribution is -0.141. The highest BCUT2D eigenvalue weighted by Gasteiger charge is 2.46. The lowest BCUT2D eigenvalue weighted by Gasteiger charge is -2.47. The first kappa shape index (κ1) is 15.1. The van der Waals surface area contributed by atoms with Gasteiger partial charge in [0.1, 0.15) is 0 Å². The standard InChI is InChI=1S/C14H24F3NO/c1-18(9-8-14(15,16)17)12-10-11(19)4-7-13(12)5-2-3-6-13/h11-12,19H,2-10H2,1H3. The van der Waals surface area contributed by atoms with E-state index in [9.17, 15) is 18.3 Å². The molecule has 0 bridgehead atoms. The largest absolute Gasteiger partial charge is 0.393 e. The maximum Gasteiger partial charge on any atom is 0.390 e. The third kappa shape index (κ3) is 3.63. The second kappa shape index (κ2) is 5.60. The zero-order valence-corrected chi connectivity index (χ0v) is 11.5. The monoisotopic (exact) mass is 279 g/mol. The minimum Gasteiger partial charge on any atom is -0.393 e. The first-order valence-electron chi connectivity index (χ1n) is 7.27. The van der Waals surface area contributed by atoms with Crippen LogP contribution in [0.5, 0.6) is 0 Å². The summed E-state index contributed by atoms with van der Waals surface area (Å²) in [7, 11) is 1.79. The van der Waals surface area contributed by atoms with E-state index in [4.69, 9.17) is 0 Å². The van der Waals surface area contributed by atoms with Gasteiger partial charge >= 0.3 is 6.18 Å². The summed E-state index contributed by atoms with van der Waals surface area (Å²) in [5.41, 5.74) is 0.166. The summed E-state index contributed by atoms with van der Waals surface area (Å²) in [6.07, 6.45) is 1.80. The normalized spacial score (nSPS) is 31.3. The van der Waals surface area contributed by atoms with Gasteiger partial charge in [-0.2, -0.15) is 13.2 Å². The molecule has 0 amide bonds. The second-order valence-corrected chi connectivity index (χ2v) is 6.36. The van der Waals surface area contributed by atoms with Gasteiger partial charge in [0.05, 0.1) is 12.5 Å². The lowest BCUT2D eigenvalue weighted by Crippen LogP contribution is -2.50. The van der Waals surface area contributed by atoms with Crippen molar-refractivity contribution in [1.29, 1.82) is 0 Å². The van der Waals surface area contributed by atoms with Crippen molar-refractivity contribution in [2.24, 2.45) is 5.41 Å². The molecular formula is C14H24F3NO. The van der Waals surface area contributed by atoms with Crippen molar-refractivity contribution in [2.75, 3.05) is 13.6 Å². The Hall–Kier alpha value is -0.290. The average Bonchev–Trinajstić information content (AvgIpc) is 2.78. The number of halogens is 3. The predicted octanol–water partition coefficient (Wildman–Crippen LogP) is 3.34. The van der Waals surface area contributed by atoms with E-state index >= 15 is 0 Å². The van der Waals surface area contributed by atoms with Gasteiger partial charge < -0.3 is 10.0 Å². The van der Waals surface area contributed by atoms with E-state index in [0.717, 1.165) is 25.7 Å². The maximum absolute atomic E-state index is 12.4. The number of rotatable bonds is 3. The Morgan fingerprint density at radius 2 is 1.84 bits per heavy atom. The van der Waals surface area contributed by atoms with Crippen LogP contribution < -0.4 is 0 Å². The molecule has 2 aliphatic carbocycles. The summed E-state index contributed by atoms with van der Waals surface area (Å²) in [6, 6.07) is 0.112. The van der Waals surface area contributed by atoms with Gasteiger partial charge in [0.2, 0.25) is 0 Å². The Morgan fingerprint density at radius 1 is 1.21 bits per heavy atom. The molecular weight excluding hydrogens is 255 g/mol. The highest BCUT2D eigenvalue weighted by molar-refractivity contribution is 4.99.